The fraction of sp³-hybridized carbons (Fsp3) is 0.419. The number of halogens is 4. The number of hydrogen-bond donors (Lipinski definition) is 3. The molecule has 0 saturated carbocycles. The van der Waals surface area contributed by atoms with Gasteiger partial charge in [-0.15, -0.1) is 0 Å². The van der Waals surface area contributed by atoms with Crippen LogP contribution in [0.4, 0.5) is 23.2 Å². The van der Waals surface area contributed by atoms with Crippen LogP contribution < -0.4 is 20.3 Å². The number of anilines is 1. The van der Waals surface area contributed by atoms with E-state index in [9.17, 15) is 22.4 Å². The third kappa shape index (κ3) is 8.45. The second-order valence-corrected chi connectivity index (χ2v) is 10.6. The van der Waals surface area contributed by atoms with Crippen molar-refractivity contribution < 1.29 is 41.7 Å². The van der Waals surface area contributed by atoms with E-state index in [1.54, 1.807) is 18.3 Å². The number of aromatic nitrogens is 2. The van der Waals surface area contributed by atoms with Crippen LogP contribution in [0.2, 0.25) is 0 Å². The van der Waals surface area contributed by atoms with Crippen molar-refractivity contribution in [2.75, 3.05) is 31.1 Å². The highest BCUT2D eigenvalue weighted by Crippen LogP contribution is 2.36. The van der Waals surface area contributed by atoms with Gasteiger partial charge in [-0.2, -0.15) is 13.2 Å². The van der Waals surface area contributed by atoms with Crippen LogP contribution in [0.15, 0.2) is 48.7 Å². The average molecular weight is 634 g/mol. The van der Waals surface area contributed by atoms with Crippen LogP contribution in [0, 0.1) is 5.82 Å². The molecular weight excluding hydrogens is 598 g/mol. The minimum atomic E-state index is -4.70. The van der Waals surface area contributed by atoms with E-state index in [1.165, 1.54) is 0 Å². The molecule has 0 bridgehead atoms. The SMILES string of the molecule is CCOc1ncccc1-c1ccc(N2C[C@@H](OCc3ccc(F)cc3C(F)(F)F)C[C@H]2C)c(C(=O)N[C@@H]2CCNC2)n1.O=CO. The Kier molecular flexibility index (Phi) is 11.3. The molecule has 5 rings (SSSR count). The third-order valence-corrected chi connectivity index (χ3v) is 7.51. The fourth-order valence-corrected chi connectivity index (χ4v) is 5.45. The van der Waals surface area contributed by atoms with E-state index < -0.39 is 23.7 Å². The predicted octanol–water partition coefficient (Wildman–Crippen LogP) is 4.68. The van der Waals surface area contributed by atoms with Gasteiger partial charge >= 0.3 is 6.18 Å². The van der Waals surface area contributed by atoms with E-state index in [4.69, 9.17) is 24.4 Å². The quantitative estimate of drug-likeness (QED) is 0.228. The van der Waals surface area contributed by atoms with Gasteiger partial charge in [0.15, 0.2) is 5.69 Å². The lowest BCUT2D eigenvalue weighted by Gasteiger charge is -2.26. The van der Waals surface area contributed by atoms with Crippen molar-refractivity contribution >= 4 is 18.1 Å². The molecule has 2 aliphatic heterocycles. The molecule has 0 spiro atoms. The molecule has 3 N–H and O–H groups in total. The molecule has 14 heteroatoms. The molecule has 0 radical (unpaired) electrons. The zero-order chi connectivity index (χ0) is 32.6. The van der Waals surface area contributed by atoms with Crippen molar-refractivity contribution in [2.24, 2.45) is 0 Å². The summed E-state index contributed by atoms with van der Waals surface area (Å²) in [6, 6.07) is 9.70. The smallest absolute Gasteiger partial charge is 0.416 e. The summed E-state index contributed by atoms with van der Waals surface area (Å²) >= 11 is 0. The summed E-state index contributed by atoms with van der Waals surface area (Å²) in [5.74, 6) is -0.865. The molecule has 2 saturated heterocycles. The number of rotatable bonds is 9. The van der Waals surface area contributed by atoms with E-state index in [0.717, 1.165) is 25.1 Å². The number of amides is 1. The van der Waals surface area contributed by atoms with Gasteiger partial charge < -0.3 is 30.1 Å². The Balaban J connectivity index is 0.00000148. The molecule has 2 aromatic heterocycles. The normalized spacial score (nSPS) is 19.5. The second-order valence-electron chi connectivity index (χ2n) is 10.6. The first-order chi connectivity index (χ1) is 21.5. The summed E-state index contributed by atoms with van der Waals surface area (Å²) in [7, 11) is 0. The number of ether oxygens (including phenoxy) is 2. The summed E-state index contributed by atoms with van der Waals surface area (Å²) in [4.78, 5) is 33.0. The topological polar surface area (TPSA) is 126 Å². The van der Waals surface area contributed by atoms with Crippen molar-refractivity contribution in [3.05, 3.63) is 71.3 Å². The van der Waals surface area contributed by atoms with Gasteiger partial charge in [-0.3, -0.25) is 9.59 Å². The zero-order valence-corrected chi connectivity index (χ0v) is 24.8. The zero-order valence-electron chi connectivity index (χ0n) is 24.8. The molecule has 242 valence electrons. The predicted molar refractivity (Wildman–Crippen MR) is 157 cm³/mol. The molecule has 3 atom stereocenters. The van der Waals surface area contributed by atoms with E-state index in [0.29, 0.717) is 55.0 Å². The van der Waals surface area contributed by atoms with Crippen LogP contribution in [-0.2, 0) is 22.3 Å². The van der Waals surface area contributed by atoms with Crippen molar-refractivity contribution in [3.63, 3.8) is 0 Å². The van der Waals surface area contributed by atoms with Gasteiger partial charge in [-0.25, -0.2) is 14.4 Å². The minimum Gasteiger partial charge on any atom is -0.483 e. The second kappa shape index (κ2) is 15.1. The molecule has 2 fully saturated rings. The van der Waals surface area contributed by atoms with Crippen molar-refractivity contribution in [1.29, 1.82) is 0 Å². The van der Waals surface area contributed by atoms with Gasteiger partial charge in [-0.05, 0) is 75.2 Å². The summed E-state index contributed by atoms with van der Waals surface area (Å²) in [5.41, 5.74) is 0.829. The highest BCUT2D eigenvalue weighted by Gasteiger charge is 2.36. The number of carbonyl (C=O) groups is 2. The molecule has 2 aliphatic rings. The van der Waals surface area contributed by atoms with E-state index in [-0.39, 0.29) is 42.3 Å². The first-order valence-corrected chi connectivity index (χ1v) is 14.5. The Bertz CT molecular complexity index is 1470. The maximum Gasteiger partial charge on any atom is 0.416 e. The number of nitrogens with zero attached hydrogens (tertiary/aromatic N) is 3. The summed E-state index contributed by atoms with van der Waals surface area (Å²) in [5, 5.41) is 13.2. The van der Waals surface area contributed by atoms with Gasteiger partial charge in [-0.1, -0.05) is 6.07 Å². The lowest BCUT2D eigenvalue weighted by Crippen LogP contribution is -2.38. The number of alkyl halides is 3. The van der Waals surface area contributed by atoms with Crippen LogP contribution in [-0.4, -0.2) is 71.9 Å². The summed E-state index contributed by atoms with van der Waals surface area (Å²) < 4.78 is 65.5. The van der Waals surface area contributed by atoms with Crippen LogP contribution >= 0.6 is 0 Å². The first-order valence-electron chi connectivity index (χ1n) is 14.5. The Labute approximate surface area is 257 Å². The molecule has 10 nitrogen and oxygen atoms in total. The first kappa shape index (κ1) is 33.6. The highest BCUT2D eigenvalue weighted by molar-refractivity contribution is 5.99. The number of hydrogen-bond acceptors (Lipinski definition) is 8. The third-order valence-electron chi connectivity index (χ3n) is 7.51. The molecule has 1 aromatic carbocycles. The molecule has 4 heterocycles. The van der Waals surface area contributed by atoms with Gasteiger partial charge in [0.05, 0.1) is 41.8 Å². The summed E-state index contributed by atoms with van der Waals surface area (Å²) in [6.45, 7) is 5.49. The molecule has 3 aromatic rings. The van der Waals surface area contributed by atoms with Crippen LogP contribution in [0.25, 0.3) is 11.3 Å². The lowest BCUT2D eigenvalue weighted by atomic mass is 10.1. The van der Waals surface area contributed by atoms with E-state index in [2.05, 4.69) is 15.6 Å². The van der Waals surface area contributed by atoms with E-state index >= 15 is 0 Å². The lowest BCUT2D eigenvalue weighted by molar-refractivity contribution is -0.139. The number of carboxylic acid groups (broad SMARTS) is 1. The van der Waals surface area contributed by atoms with Crippen LogP contribution in [0.1, 0.15) is 48.3 Å². The highest BCUT2D eigenvalue weighted by atomic mass is 19.4. The molecule has 45 heavy (non-hydrogen) atoms. The van der Waals surface area contributed by atoms with Crippen molar-refractivity contribution in [1.82, 2.24) is 20.6 Å². The largest absolute Gasteiger partial charge is 0.483 e. The van der Waals surface area contributed by atoms with Gasteiger partial charge in [0.25, 0.3) is 12.4 Å². The van der Waals surface area contributed by atoms with Crippen LogP contribution in [0.5, 0.6) is 5.88 Å². The average Bonchev–Trinajstić information content (AvgIpc) is 3.66. The molecule has 1 amide bonds. The summed E-state index contributed by atoms with van der Waals surface area (Å²) in [6.07, 6.45) is -2.16. The number of pyridine rings is 2. The molecule has 0 unspecified atom stereocenters. The Morgan fingerprint density at radius 3 is 2.71 bits per heavy atom. The number of benzene rings is 1. The molecular formula is C31H35F4N5O5. The fourth-order valence-electron chi connectivity index (χ4n) is 5.45. The number of carbonyl (C=O) groups excluding carboxylic acids is 1. The Morgan fingerprint density at radius 1 is 1.24 bits per heavy atom. The van der Waals surface area contributed by atoms with Gasteiger partial charge in [0.1, 0.15) is 5.82 Å². The van der Waals surface area contributed by atoms with Crippen molar-refractivity contribution in [3.8, 4) is 17.1 Å². The molecule has 0 aliphatic carbocycles. The van der Waals surface area contributed by atoms with Gasteiger partial charge in [0.2, 0.25) is 5.88 Å². The van der Waals surface area contributed by atoms with Crippen molar-refractivity contribution in [2.45, 2.75) is 57.7 Å². The standard InChI is InChI=1S/C30H33F4N5O3.CH2O2/c1-3-41-29-23(5-4-11-36-29)25-8-9-26(27(38-25)28(40)37-21-10-12-35-15-21)39-16-22(13-18(39)2)42-17-19-6-7-20(31)14-24(19)30(32,33)34;2-1-3/h4-9,11,14,18,21-22,35H,3,10,12-13,15-17H2,1-2H3,(H,37,40);1H,(H,2,3)/t18-,21-,22+;/m1./s1. The van der Waals surface area contributed by atoms with Gasteiger partial charge in [0, 0.05) is 31.4 Å². The maximum atomic E-state index is 13.6. The monoisotopic (exact) mass is 633 g/mol. The Hall–Kier alpha value is -4.30. The van der Waals surface area contributed by atoms with Crippen LogP contribution in [0.3, 0.4) is 0 Å². The Morgan fingerprint density at radius 2 is 2.02 bits per heavy atom. The van der Waals surface area contributed by atoms with E-state index in [1.807, 2.05) is 30.9 Å². The minimum absolute atomic E-state index is 0.0289. The maximum absolute atomic E-state index is 13.6. The number of nitrogens with one attached hydrogen (secondary N) is 2.